The van der Waals surface area contributed by atoms with Crippen LogP contribution in [0.15, 0.2) is 66.7 Å². The minimum Gasteiger partial charge on any atom is -0.497 e. The number of para-hydroxylation sites is 1. The van der Waals surface area contributed by atoms with Crippen LogP contribution in [0, 0.1) is 0 Å². The third-order valence-corrected chi connectivity index (χ3v) is 7.25. The van der Waals surface area contributed by atoms with Gasteiger partial charge in [0.05, 0.1) is 13.5 Å². The Morgan fingerprint density at radius 1 is 0.795 bits per heavy atom. The number of amides is 3. The smallest absolute Gasteiger partial charge is 0.323 e. The van der Waals surface area contributed by atoms with Crippen molar-refractivity contribution in [2.75, 3.05) is 48.8 Å². The van der Waals surface area contributed by atoms with E-state index in [0.717, 1.165) is 52.6 Å². The number of nitrogens with one attached hydrogen (secondary N) is 2. The summed E-state index contributed by atoms with van der Waals surface area (Å²) in [6.07, 6.45) is 0.396. The Morgan fingerprint density at radius 3 is 1.92 bits per heavy atom. The van der Waals surface area contributed by atoms with E-state index in [1.165, 1.54) is 0 Å². The number of benzene rings is 3. The average Bonchev–Trinajstić information content (AvgIpc) is 2.93. The van der Waals surface area contributed by atoms with Gasteiger partial charge in [-0.15, -0.1) is 0 Å². The molecule has 0 radical (unpaired) electrons. The summed E-state index contributed by atoms with van der Waals surface area (Å²) in [6, 6.07) is 21.5. The number of hydrogen-bond acceptors (Lipinski definition) is 4. The van der Waals surface area contributed by atoms with Gasteiger partial charge >= 0.3 is 6.03 Å². The van der Waals surface area contributed by atoms with Gasteiger partial charge in [0.25, 0.3) is 0 Å². The van der Waals surface area contributed by atoms with Crippen molar-refractivity contribution >= 4 is 29.0 Å². The largest absolute Gasteiger partial charge is 0.497 e. The molecule has 0 bridgehead atoms. The number of urea groups is 1. The molecule has 0 aromatic heterocycles. The van der Waals surface area contributed by atoms with Crippen LogP contribution in [0.5, 0.6) is 5.75 Å². The first kappa shape index (κ1) is 28.0. The molecule has 1 aliphatic rings. The zero-order valence-electron chi connectivity index (χ0n) is 23.7. The van der Waals surface area contributed by atoms with Crippen molar-refractivity contribution in [2.45, 2.75) is 46.0 Å². The third kappa shape index (κ3) is 7.11. The number of piperazine rings is 1. The lowest BCUT2D eigenvalue weighted by Crippen LogP contribution is -2.49. The highest BCUT2D eigenvalue weighted by Gasteiger charge is 2.22. The van der Waals surface area contributed by atoms with Crippen molar-refractivity contribution in [2.24, 2.45) is 0 Å². The molecular formula is C32H40N4O3. The van der Waals surface area contributed by atoms with E-state index < -0.39 is 0 Å². The van der Waals surface area contributed by atoms with Gasteiger partial charge in [0.1, 0.15) is 5.75 Å². The van der Waals surface area contributed by atoms with Crippen LogP contribution in [0.25, 0.3) is 0 Å². The maximum Gasteiger partial charge on any atom is 0.323 e. The highest BCUT2D eigenvalue weighted by Crippen LogP contribution is 2.32. The first-order valence-electron chi connectivity index (χ1n) is 13.7. The minimum absolute atomic E-state index is 0.144. The number of carbonyl (C=O) groups is 2. The molecule has 4 rings (SSSR count). The van der Waals surface area contributed by atoms with Crippen molar-refractivity contribution in [3.05, 3.63) is 83.4 Å². The second-order valence-corrected chi connectivity index (χ2v) is 10.6. The Kier molecular flexibility index (Phi) is 9.12. The Bertz CT molecular complexity index is 1240. The van der Waals surface area contributed by atoms with Crippen molar-refractivity contribution in [3.8, 4) is 5.75 Å². The minimum atomic E-state index is -0.248. The van der Waals surface area contributed by atoms with Crippen molar-refractivity contribution in [1.82, 2.24) is 4.90 Å². The first-order valence-corrected chi connectivity index (χ1v) is 13.7. The van der Waals surface area contributed by atoms with Crippen LogP contribution in [-0.2, 0) is 11.2 Å². The number of ether oxygens (including phenoxy) is 1. The molecule has 1 saturated heterocycles. The Balaban J connectivity index is 1.31. The second kappa shape index (κ2) is 12.7. The summed E-state index contributed by atoms with van der Waals surface area (Å²) in [5.41, 5.74) is 5.97. The van der Waals surface area contributed by atoms with Crippen molar-refractivity contribution < 1.29 is 14.3 Å². The fourth-order valence-corrected chi connectivity index (χ4v) is 4.97. The molecule has 1 fully saturated rings. The fourth-order valence-electron chi connectivity index (χ4n) is 4.97. The third-order valence-electron chi connectivity index (χ3n) is 7.25. The summed E-state index contributed by atoms with van der Waals surface area (Å²) in [7, 11) is 1.64. The normalized spacial score (nSPS) is 13.5. The monoisotopic (exact) mass is 528 g/mol. The van der Waals surface area contributed by atoms with Crippen LogP contribution in [0.2, 0.25) is 0 Å². The number of hydrogen-bond donors (Lipinski definition) is 2. The summed E-state index contributed by atoms with van der Waals surface area (Å²) in [4.78, 5) is 29.9. The summed E-state index contributed by atoms with van der Waals surface area (Å²) in [5, 5.41) is 6.08. The standard InChI is InChI=1S/C32H40N4O3/c1-22(2)28-7-6-8-29(23(3)4)31(28)34-32(38)33-25-11-13-26(14-12-25)35-17-19-36(20-18-35)30(37)21-24-9-15-27(39-5)16-10-24/h6-16,22-23H,17-21H2,1-5H3,(H2,33,34,38). The molecule has 0 atom stereocenters. The zero-order valence-corrected chi connectivity index (χ0v) is 23.7. The number of methoxy groups -OCH3 is 1. The number of carbonyl (C=O) groups excluding carboxylic acids is 2. The lowest BCUT2D eigenvalue weighted by Gasteiger charge is -2.36. The molecule has 3 amide bonds. The summed E-state index contributed by atoms with van der Waals surface area (Å²) in [6.45, 7) is 11.5. The first-order chi connectivity index (χ1) is 18.7. The second-order valence-electron chi connectivity index (χ2n) is 10.6. The molecular weight excluding hydrogens is 488 g/mol. The SMILES string of the molecule is COc1ccc(CC(=O)N2CCN(c3ccc(NC(=O)Nc4c(C(C)C)cccc4C(C)C)cc3)CC2)cc1. The predicted molar refractivity (Wildman–Crippen MR) is 159 cm³/mol. The van der Waals surface area contributed by atoms with Gasteiger partial charge in [-0.2, -0.15) is 0 Å². The molecule has 2 N–H and O–H groups in total. The molecule has 7 nitrogen and oxygen atoms in total. The maximum absolute atomic E-state index is 12.9. The summed E-state index contributed by atoms with van der Waals surface area (Å²) >= 11 is 0. The van der Waals surface area contributed by atoms with Crippen LogP contribution >= 0.6 is 0 Å². The molecule has 1 heterocycles. The number of rotatable bonds is 8. The molecule has 39 heavy (non-hydrogen) atoms. The maximum atomic E-state index is 12.9. The summed E-state index contributed by atoms with van der Waals surface area (Å²) < 4.78 is 5.19. The van der Waals surface area contributed by atoms with Gasteiger partial charge in [-0.1, -0.05) is 58.0 Å². The van der Waals surface area contributed by atoms with Gasteiger partial charge in [0.15, 0.2) is 0 Å². The molecule has 0 saturated carbocycles. The molecule has 3 aromatic carbocycles. The van der Waals surface area contributed by atoms with E-state index in [1.807, 2.05) is 53.4 Å². The highest BCUT2D eigenvalue weighted by atomic mass is 16.5. The van der Waals surface area contributed by atoms with E-state index >= 15 is 0 Å². The van der Waals surface area contributed by atoms with E-state index in [9.17, 15) is 9.59 Å². The van der Waals surface area contributed by atoms with E-state index in [-0.39, 0.29) is 11.9 Å². The van der Waals surface area contributed by atoms with E-state index in [2.05, 4.69) is 61.4 Å². The molecule has 0 aliphatic carbocycles. The van der Waals surface area contributed by atoms with Gasteiger partial charge in [0.2, 0.25) is 5.91 Å². The van der Waals surface area contributed by atoms with E-state index in [0.29, 0.717) is 31.3 Å². The van der Waals surface area contributed by atoms with Gasteiger partial charge in [-0.3, -0.25) is 4.79 Å². The van der Waals surface area contributed by atoms with Crippen molar-refractivity contribution in [1.29, 1.82) is 0 Å². The van der Waals surface area contributed by atoms with Gasteiger partial charge in [-0.05, 0) is 64.9 Å². The van der Waals surface area contributed by atoms with Crippen LogP contribution in [0.4, 0.5) is 21.9 Å². The highest BCUT2D eigenvalue weighted by molar-refractivity contribution is 6.01. The zero-order chi connectivity index (χ0) is 27.9. The Labute approximate surface area is 232 Å². The molecule has 1 aliphatic heterocycles. The molecule has 206 valence electrons. The van der Waals surface area contributed by atoms with Gasteiger partial charge in [-0.25, -0.2) is 4.79 Å². The van der Waals surface area contributed by atoms with Crippen LogP contribution in [0.3, 0.4) is 0 Å². The van der Waals surface area contributed by atoms with Gasteiger partial charge < -0.3 is 25.2 Å². The van der Waals surface area contributed by atoms with Crippen LogP contribution < -0.4 is 20.3 Å². The Hall–Kier alpha value is -4.00. The summed E-state index contributed by atoms with van der Waals surface area (Å²) in [5.74, 6) is 1.54. The van der Waals surface area contributed by atoms with Crippen molar-refractivity contribution in [3.63, 3.8) is 0 Å². The quantitative estimate of drug-likeness (QED) is 0.351. The van der Waals surface area contributed by atoms with Gasteiger partial charge in [0, 0.05) is 43.2 Å². The fraction of sp³-hybridized carbons (Fsp3) is 0.375. The molecule has 0 spiro atoms. The molecule has 3 aromatic rings. The lowest BCUT2D eigenvalue weighted by molar-refractivity contribution is -0.130. The number of nitrogens with zero attached hydrogens (tertiary/aromatic N) is 2. The van der Waals surface area contributed by atoms with Crippen LogP contribution in [-0.4, -0.2) is 50.1 Å². The van der Waals surface area contributed by atoms with E-state index in [4.69, 9.17) is 4.74 Å². The van der Waals surface area contributed by atoms with Crippen LogP contribution in [0.1, 0.15) is 56.2 Å². The molecule has 7 heteroatoms. The Morgan fingerprint density at radius 2 is 1.38 bits per heavy atom. The predicted octanol–water partition coefficient (Wildman–Crippen LogP) is 6.48. The topological polar surface area (TPSA) is 73.9 Å². The molecule has 0 unspecified atom stereocenters. The number of anilines is 3. The van der Waals surface area contributed by atoms with E-state index in [1.54, 1.807) is 7.11 Å². The average molecular weight is 529 g/mol. The lowest BCUT2D eigenvalue weighted by atomic mass is 9.93.